The molecule has 2 atom stereocenters. The van der Waals surface area contributed by atoms with E-state index in [0.29, 0.717) is 10.9 Å². The van der Waals surface area contributed by atoms with Crippen LogP contribution >= 0.6 is 23.4 Å². The lowest BCUT2D eigenvalue weighted by molar-refractivity contribution is -0.117. The molecule has 96 valence electrons. The zero-order valence-corrected chi connectivity index (χ0v) is 12.3. The summed E-state index contributed by atoms with van der Waals surface area (Å²) in [5, 5.41) is 0.885. The van der Waals surface area contributed by atoms with Crippen LogP contribution in [0.3, 0.4) is 0 Å². The highest BCUT2D eigenvalue weighted by molar-refractivity contribution is 8.13. The number of thioether (sulfide) groups is 1. The van der Waals surface area contributed by atoms with Gasteiger partial charge >= 0.3 is 0 Å². The number of halogens is 1. The van der Waals surface area contributed by atoms with Crippen LogP contribution < -0.4 is 0 Å². The molecule has 1 aliphatic carbocycles. The van der Waals surface area contributed by atoms with Crippen LogP contribution in [0.4, 0.5) is 0 Å². The van der Waals surface area contributed by atoms with Crippen molar-refractivity contribution in [3.8, 4) is 0 Å². The molecule has 2 rings (SSSR count). The Bertz CT molecular complexity index is 480. The SMILES string of the molecule is C=C1[C@@H](C)CC[C@]1(C)C(=O)Sc1ccc(Cl)cc1. The first-order chi connectivity index (χ1) is 8.43. The lowest BCUT2D eigenvalue weighted by atomic mass is 9.85. The van der Waals surface area contributed by atoms with Crippen LogP contribution in [0.25, 0.3) is 0 Å². The van der Waals surface area contributed by atoms with E-state index in [4.69, 9.17) is 11.6 Å². The largest absolute Gasteiger partial charge is 0.286 e. The summed E-state index contributed by atoms with van der Waals surface area (Å²) in [6.45, 7) is 8.27. The van der Waals surface area contributed by atoms with Gasteiger partial charge in [0.2, 0.25) is 5.12 Å². The van der Waals surface area contributed by atoms with Crippen LogP contribution in [0.5, 0.6) is 0 Å². The van der Waals surface area contributed by atoms with Gasteiger partial charge in [0.1, 0.15) is 0 Å². The highest BCUT2D eigenvalue weighted by Crippen LogP contribution is 2.48. The first-order valence-corrected chi connectivity index (χ1v) is 7.30. The van der Waals surface area contributed by atoms with Gasteiger partial charge in [-0.2, -0.15) is 0 Å². The summed E-state index contributed by atoms with van der Waals surface area (Å²) in [5.41, 5.74) is 0.706. The molecular weight excluding hydrogens is 264 g/mol. The lowest BCUT2D eigenvalue weighted by Crippen LogP contribution is -2.23. The zero-order chi connectivity index (χ0) is 13.3. The highest BCUT2D eigenvalue weighted by atomic mass is 35.5. The Labute approximate surface area is 118 Å². The van der Waals surface area contributed by atoms with Crippen molar-refractivity contribution in [2.45, 2.75) is 31.6 Å². The van der Waals surface area contributed by atoms with Crippen molar-refractivity contribution < 1.29 is 4.79 Å². The van der Waals surface area contributed by atoms with E-state index in [1.165, 1.54) is 11.8 Å². The first kappa shape index (κ1) is 13.7. The van der Waals surface area contributed by atoms with Gasteiger partial charge in [-0.25, -0.2) is 0 Å². The molecule has 18 heavy (non-hydrogen) atoms. The van der Waals surface area contributed by atoms with Crippen LogP contribution in [0.1, 0.15) is 26.7 Å². The van der Waals surface area contributed by atoms with E-state index in [-0.39, 0.29) is 10.5 Å². The third-order valence-electron chi connectivity index (χ3n) is 3.86. The Balaban J connectivity index is 2.13. The molecule has 1 aromatic rings. The number of rotatable bonds is 2. The molecule has 1 saturated carbocycles. The van der Waals surface area contributed by atoms with Crippen molar-refractivity contribution in [3.63, 3.8) is 0 Å². The molecular formula is C15H17ClOS. The molecule has 0 heterocycles. The number of hydrogen-bond acceptors (Lipinski definition) is 2. The third kappa shape index (κ3) is 2.50. The fourth-order valence-corrected chi connectivity index (χ4v) is 3.41. The van der Waals surface area contributed by atoms with Crippen molar-refractivity contribution in [1.82, 2.24) is 0 Å². The molecule has 0 bridgehead atoms. The Kier molecular flexibility index (Phi) is 3.88. The van der Waals surface area contributed by atoms with Gasteiger partial charge in [-0.05, 0) is 49.9 Å². The third-order valence-corrected chi connectivity index (χ3v) is 5.25. The number of carbonyl (C=O) groups excluding carboxylic acids is 1. The summed E-state index contributed by atoms with van der Waals surface area (Å²) in [5.74, 6) is 0.449. The lowest BCUT2D eigenvalue weighted by Gasteiger charge is -2.24. The highest BCUT2D eigenvalue weighted by Gasteiger charge is 2.43. The maximum Gasteiger partial charge on any atom is 0.203 e. The maximum absolute atomic E-state index is 12.4. The van der Waals surface area contributed by atoms with Crippen LogP contribution in [-0.4, -0.2) is 5.12 Å². The predicted molar refractivity (Wildman–Crippen MR) is 78.0 cm³/mol. The van der Waals surface area contributed by atoms with E-state index in [0.717, 1.165) is 23.3 Å². The average molecular weight is 281 g/mol. The number of benzene rings is 1. The van der Waals surface area contributed by atoms with Gasteiger partial charge in [-0.15, -0.1) is 0 Å². The monoisotopic (exact) mass is 280 g/mol. The standard InChI is InChI=1S/C15H17ClOS/c1-10-8-9-15(3,11(10)2)14(17)18-13-6-4-12(16)5-7-13/h4-7,10H,2,8-9H2,1,3H3/t10-,15-/m0/s1. The quantitative estimate of drug-likeness (QED) is 0.563. The Morgan fingerprint density at radius 3 is 2.56 bits per heavy atom. The van der Waals surface area contributed by atoms with Crippen LogP contribution in [0, 0.1) is 11.3 Å². The Hall–Kier alpha value is -0.730. The molecule has 0 N–H and O–H groups in total. The summed E-state index contributed by atoms with van der Waals surface area (Å²) < 4.78 is 0. The molecule has 0 spiro atoms. The second-order valence-electron chi connectivity index (χ2n) is 5.14. The van der Waals surface area contributed by atoms with Gasteiger partial charge in [0.05, 0.1) is 5.41 Å². The van der Waals surface area contributed by atoms with Crippen molar-refractivity contribution in [2.75, 3.05) is 0 Å². The van der Waals surface area contributed by atoms with Crippen molar-refractivity contribution >= 4 is 28.5 Å². The second-order valence-corrected chi connectivity index (χ2v) is 6.62. The Morgan fingerprint density at radius 1 is 1.44 bits per heavy atom. The molecule has 1 fully saturated rings. The minimum absolute atomic E-state index is 0.194. The van der Waals surface area contributed by atoms with Crippen LogP contribution in [0.2, 0.25) is 5.02 Å². The summed E-state index contributed by atoms with van der Waals surface area (Å²) in [4.78, 5) is 13.4. The van der Waals surface area contributed by atoms with Crippen molar-refractivity contribution in [2.24, 2.45) is 11.3 Å². The second kappa shape index (κ2) is 5.10. The van der Waals surface area contributed by atoms with E-state index < -0.39 is 0 Å². The molecule has 0 radical (unpaired) electrons. The molecule has 1 aliphatic rings. The van der Waals surface area contributed by atoms with Crippen molar-refractivity contribution in [1.29, 1.82) is 0 Å². The van der Waals surface area contributed by atoms with E-state index >= 15 is 0 Å². The van der Waals surface area contributed by atoms with Gasteiger partial charge < -0.3 is 0 Å². The number of carbonyl (C=O) groups is 1. The fraction of sp³-hybridized carbons (Fsp3) is 0.400. The summed E-state index contributed by atoms with van der Waals surface area (Å²) in [7, 11) is 0. The topological polar surface area (TPSA) is 17.1 Å². The first-order valence-electron chi connectivity index (χ1n) is 6.10. The van der Waals surface area contributed by atoms with Crippen LogP contribution in [0.15, 0.2) is 41.3 Å². The summed E-state index contributed by atoms with van der Waals surface area (Å²) >= 11 is 7.13. The average Bonchev–Trinajstić information content (AvgIpc) is 2.61. The maximum atomic E-state index is 12.4. The van der Waals surface area contributed by atoms with Gasteiger partial charge in [0, 0.05) is 9.92 Å². The number of hydrogen-bond donors (Lipinski definition) is 0. The Morgan fingerprint density at radius 2 is 2.06 bits per heavy atom. The molecule has 0 saturated heterocycles. The van der Waals surface area contributed by atoms with E-state index in [2.05, 4.69) is 13.5 Å². The number of allylic oxidation sites excluding steroid dienone is 1. The van der Waals surface area contributed by atoms with Crippen molar-refractivity contribution in [3.05, 3.63) is 41.4 Å². The molecule has 1 aromatic carbocycles. The predicted octanol–water partition coefficient (Wildman–Crippen LogP) is 4.95. The van der Waals surface area contributed by atoms with Gasteiger partial charge in [-0.3, -0.25) is 4.79 Å². The molecule has 3 heteroatoms. The van der Waals surface area contributed by atoms with E-state index in [1.807, 2.05) is 31.2 Å². The zero-order valence-electron chi connectivity index (χ0n) is 10.7. The normalized spacial score (nSPS) is 27.5. The minimum Gasteiger partial charge on any atom is -0.286 e. The molecule has 0 aliphatic heterocycles. The van der Waals surface area contributed by atoms with Gasteiger partial charge in [-0.1, -0.05) is 42.4 Å². The van der Waals surface area contributed by atoms with Crippen LogP contribution in [-0.2, 0) is 4.79 Å². The summed E-state index contributed by atoms with van der Waals surface area (Å²) in [6, 6.07) is 7.39. The smallest absolute Gasteiger partial charge is 0.203 e. The molecule has 0 unspecified atom stereocenters. The fourth-order valence-electron chi connectivity index (χ4n) is 2.34. The van der Waals surface area contributed by atoms with E-state index in [9.17, 15) is 4.79 Å². The molecule has 1 nitrogen and oxygen atoms in total. The summed E-state index contributed by atoms with van der Waals surface area (Å²) in [6.07, 6.45) is 1.97. The molecule has 0 aromatic heterocycles. The van der Waals surface area contributed by atoms with Gasteiger partial charge in [0.25, 0.3) is 0 Å². The minimum atomic E-state index is -0.371. The van der Waals surface area contributed by atoms with E-state index in [1.54, 1.807) is 0 Å². The van der Waals surface area contributed by atoms with Gasteiger partial charge in [0.15, 0.2) is 0 Å². The molecule has 0 amide bonds.